The van der Waals surface area contributed by atoms with Gasteiger partial charge in [0, 0.05) is 45.8 Å². The summed E-state index contributed by atoms with van der Waals surface area (Å²) in [6.45, 7) is 8.28. The smallest absolute Gasteiger partial charge is 0.406 e. The number of benzene rings is 2. The summed E-state index contributed by atoms with van der Waals surface area (Å²) in [4.78, 5) is 18.8. The van der Waals surface area contributed by atoms with Crippen molar-refractivity contribution in [1.29, 1.82) is 0 Å². The lowest BCUT2D eigenvalue weighted by atomic mass is 9.96. The van der Waals surface area contributed by atoms with E-state index < -0.39 is 6.36 Å². The van der Waals surface area contributed by atoms with Crippen molar-refractivity contribution in [3.63, 3.8) is 0 Å². The van der Waals surface area contributed by atoms with Crippen LogP contribution < -0.4 is 4.74 Å². The Morgan fingerprint density at radius 3 is 2.34 bits per heavy atom. The second-order valence-electron chi connectivity index (χ2n) is 8.74. The minimum Gasteiger partial charge on any atom is -0.406 e. The lowest BCUT2D eigenvalue weighted by Crippen LogP contribution is -2.43. The van der Waals surface area contributed by atoms with Gasteiger partial charge in [-0.3, -0.25) is 9.80 Å². The van der Waals surface area contributed by atoms with Crippen LogP contribution >= 0.6 is 0 Å². The van der Waals surface area contributed by atoms with E-state index in [0.29, 0.717) is 13.1 Å². The fraction of sp³-hybridized carbons (Fsp3) is 0.458. The number of alkyl halides is 3. The molecule has 0 radical (unpaired) electrons. The second kappa shape index (κ2) is 9.21. The summed E-state index contributed by atoms with van der Waals surface area (Å²) in [6.07, 6.45) is -3.75. The third-order valence-electron chi connectivity index (χ3n) is 6.27. The number of aldehydes is 1. The van der Waals surface area contributed by atoms with Crippen LogP contribution in [0.15, 0.2) is 36.4 Å². The quantitative estimate of drug-likeness (QED) is 0.628. The molecule has 2 aromatic carbocycles. The number of piperazine rings is 1. The maximum Gasteiger partial charge on any atom is 0.573 e. The summed E-state index contributed by atoms with van der Waals surface area (Å²) in [6, 6.07) is 9.87. The van der Waals surface area contributed by atoms with Gasteiger partial charge in [0.1, 0.15) is 12.0 Å². The van der Waals surface area contributed by atoms with E-state index in [9.17, 15) is 18.0 Å². The first-order valence-corrected chi connectivity index (χ1v) is 10.8. The maximum atomic E-state index is 12.4. The summed E-state index contributed by atoms with van der Waals surface area (Å²) >= 11 is 0. The number of likely N-dealkylation sites (N-methyl/N-ethyl adjacent to an activating group) is 1. The third kappa shape index (κ3) is 5.31. The number of fused-ring (bicyclic) bond motifs is 1. The van der Waals surface area contributed by atoms with E-state index in [1.165, 1.54) is 17.7 Å². The number of hydrogen-bond acceptors (Lipinski definition) is 5. The highest BCUT2D eigenvalue weighted by Crippen LogP contribution is 2.37. The van der Waals surface area contributed by atoms with Gasteiger partial charge >= 0.3 is 6.36 Å². The van der Waals surface area contributed by atoms with Gasteiger partial charge in [0.25, 0.3) is 0 Å². The number of carbonyl (C=O) groups is 1. The molecule has 0 aromatic heterocycles. The molecule has 2 aliphatic heterocycles. The molecule has 32 heavy (non-hydrogen) atoms. The lowest BCUT2D eigenvalue weighted by molar-refractivity contribution is -0.274. The Morgan fingerprint density at radius 2 is 1.72 bits per heavy atom. The van der Waals surface area contributed by atoms with Crippen LogP contribution in [0.3, 0.4) is 0 Å². The van der Waals surface area contributed by atoms with Gasteiger partial charge in [0.2, 0.25) is 0 Å². The molecule has 1 saturated heterocycles. The van der Waals surface area contributed by atoms with Crippen molar-refractivity contribution in [3.8, 4) is 5.75 Å². The predicted octanol–water partition coefficient (Wildman–Crippen LogP) is 3.90. The van der Waals surface area contributed by atoms with Crippen LogP contribution in [0, 0.1) is 6.92 Å². The average Bonchev–Trinajstić information content (AvgIpc) is 3.07. The summed E-state index contributed by atoms with van der Waals surface area (Å²) in [5, 5.41) is 0. The molecule has 1 fully saturated rings. The van der Waals surface area contributed by atoms with E-state index in [2.05, 4.69) is 45.5 Å². The monoisotopic (exact) mass is 447 g/mol. The van der Waals surface area contributed by atoms with Crippen molar-refractivity contribution in [2.24, 2.45) is 0 Å². The molecule has 0 saturated carbocycles. The Balaban J connectivity index is 1.46. The molecule has 2 heterocycles. The van der Waals surface area contributed by atoms with Crippen molar-refractivity contribution >= 4 is 6.29 Å². The van der Waals surface area contributed by atoms with E-state index in [4.69, 9.17) is 0 Å². The van der Waals surface area contributed by atoms with Gasteiger partial charge < -0.3 is 14.4 Å². The first-order chi connectivity index (χ1) is 15.2. The molecule has 4 rings (SSSR count). The van der Waals surface area contributed by atoms with E-state index in [-0.39, 0.29) is 11.8 Å². The zero-order valence-electron chi connectivity index (χ0n) is 18.4. The molecule has 2 aliphatic rings. The molecule has 0 amide bonds. The number of halogens is 3. The molecule has 0 spiro atoms. The van der Waals surface area contributed by atoms with Gasteiger partial charge in [-0.1, -0.05) is 24.3 Å². The Labute approximate surface area is 186 Å². The summed E-state index contributed by atoms with van der Waals surface area (Å²) in [5.74, 6) is -0.248. The lowest BCUT2D eigenvalue weighted by Gasteiger charge is -2.32. The van der Waals surface area contributed by atoms with Gasteiger partial charge in [-0.2, -0.15) is 0 Å². The van der Waals surface area contributed by atoms with Gasteiger partial charge in [0.15, 0.2) is 0 Å². The van der Waals surface area contributed by atoms with E-state index in [1.807, 2.05) is 0 Å². The van der Waals surface area contributed by atoms with E-state index in [1.54, 1.807) is 12.1 Å². The standard InChI is InChI=1S/C24H28F3N3O2/c1-17-11-19(13-29-9-7-28(2)8-10-29)12-20-15-30(22(16-31)23(17)20)14-18-3-5-21(6-4-18)32-24(25,26)27/h3-6,11-12,16,22H,7-10,13-15H2,1-2H3. The summed E-state index contributed by atoms with van der Waals surface area (Å²) in [7, 11) is 2.14. The van der Waals surface area contributed by atoms with Gasteiger partial charge in [-0.25, -0.2) is 0 Å². The molecular weight excluding hydrogens is 419 g/mol. The molecule has 0 N–H and O–H groups in total. The number of rotatable bonds is 6. The normalized spacial score (nSPS) is 20.3. The van der Waals surface area contributed by atoms with Crippen molar-refractivity contribution in [1.82, 2.24) is 14.7 Å². The van der Waals surface area contributed by atoms with Crippen LogP contribution in [-0.4, -0.2) is 60.6 Å². The van der Waals surface area contributed by atoms with Gasteiger partial charge in [0.05, 0.1) is 6.04 Å². The highest BCUT2D eigenvalue weighted by molar-refractivity contribution is 5.66. The summed E-state index contributed by atoms with van der Waals surface area (Å²) in [5.41, 5.74) is 5.41. The first-order valence-electron chi connectivity index (χ1n) is 10.8. The van der Waals surface area contributed by atoms with Crippen molar-refractivity contribution in [2.45, 2.75) is 39.0 Å². The number of hydrogen-bond donors (Lipinski definition) is 0. The minimum atomic E-state index is -4.71. The minimum absolute atomic E-state index is 0.248. The average molecular weight is 448 g/mol. The van der Waals surface area contributed by atoms with Crippen molar-refractivity contribution in [2.75, 3.05) is 33.2 Å². The SMILES string of the molecule is Cc1cc(CN2CCN(C)CC2)cc2c1C(C=O)N(Cc1ccc(OC(F)(F)F)cc1)C2. The van der Waals surface area contributed by atoms with Crippen LogP contribution in [-0.2, 0) is 24.4 Å². The van der Waals surface area contributed by atoms with E-state index in [0.717, 1.165) is 61.3 Å². The second-order valence-corrected chi connectivity index (χ2v) is 8.74. The first kappa shape index (κ1) is 22.8. The fourth-order valence-electron chi connectivity index (χ4n) is 4.70. The van der Waals surface area contributed by atoms with Crippen molar-refractivity contribution in [3.05, 3.63) is 64.2 Å². The van der Waals surface area contributed by atoms with Crippen LogP contribution in [0.25, 0.3) is 0 Å². The Morgan fingerprint density at radius 1 is 1.03 bits per heavy atom. The molecule has 8 heteroatoms. The molecular formula is C24H28F3N3O2. The van der Waals surface area contributed by atoms with Crippen LogP contribution in [0.1, 0.15) is 33.9 Å². The maximum absolute atomic E-state index is 12.4. The highest BCUT2D eigenvalue weighted by atomic mass is 19.4. The van der Waals surface area contributed by atoms with E-state index >= 15 is 0 Å². The van der Waals surface area contributed by atoms with Crippen molar-refractivity contribution < 1.29 is 22.7 Å². The van der Waals surface area contributed by atoms with Gasteiger partial charge in [-0.15, -0.1) is 13.2 Å². The predicted molar refractivity (Wildman–Crippen MR) is 115 cm³/mol. The molecule has 5 nitrogen and oxygen atoms in total. The molecule has 0 bridgehead atoms. The van der Waals surface area contributed by atoms with Crippen LogP contribution in [0.2, 0.25) is 0 Å². The molecule has 1 atom stereocenters. The molecule has 172 valence electrons. The topological polar surface area (TPSA) is 36.0 Å². The Kier molecular flexibility index (Phi) is 6.55. The zero-order valence-corrected chi connectivity index (χ0v) is 18.4. The third-order valence-corrected chi connectivity index (χ3v) is 6.27. The van der Waals surface area contributed by atoms with Gasteiger partial charge in [-0.05, 0) is 53.9 Å². The molecule has 1 unspecified atom stereocenters. The summed E-state index contributed by atoms with van der Waals surface area (Å²) < 4.78 is 41.1. The Bertz CT molecular complexity index is 954. The molecule has 0 aliphatic carbocycles. The van der Waals surface area contributed by atoms with Crippen LogP contribution in [0.4, 0.5) is 13.2 Å². The highest BCUT2D eigenvalue weighted by Gasteiger charge is 2.33. The number of aryl methyl sites for hydroxylation is 1. The largest absolute Gasteiger partial charge is 0.573 e. The fourth-order valence-corrected chi connectivity index (χ4v) is 4.70. The molecule has 2 aromatic rings. The van der Waals surface area contributed by atoms with Crippen LogP contribution in [0.5, 0.6) is 5.75 Å². The zero-order chi connectivity index (χ0) is 22.9. The number of carbonyl (C=O) groups excluding carboxylic acids is 1. The number of ether oxygens (including phenoxy) is 1. The number of nitrogens with zero attached hydrogens (tertiary/aromatic N) is 3. The Hall–Kier alpha value is -2.42.